The highest BCUT2D eigenvalue weighted by Crippen LogP contribution is 2.28. The normalized spacial score (nSPS) is 23.9. The van der Waals surface area contributed by atoms with Crippen molar-refractivity contribution in [3.8, 4) is 0 Å². The average Bonchev–Trinajstić information content (AvgIpc) is 2.37. The zero-order valence-corrected chi connectivity index (χ0v) is 13.0. The molecular formula is C17H28N2O. The molecule has 0 spiro atoms. The predicted molar refractivity (Wildman–Crippen MR) is 85.1 cm³/mol. The van der Waals surface area contributed by atoms with Crippen molar-refractivity contribution < 1.29 is 5.11 Å². The molecule has 1 aromatic rings. The third-order valence-electron chi connectivity index (χ3n) is 4.21. The predicted octanol–water partition coefficient (Wildman–Crippen LogP) is 2.52. The molecule has 1 fully saturated rings. The maximum Gasteiger partial charge on any atom is 0.0434 e. The van der Waals surface area contributed by atoms with E-state index in [1.807, 2.05) is 0 Å². The molecule has 1 aromatic carbocycles. The first-order chi connectivity index (χ1) is 9.40. The Morgan fingerprint density at radius 1 is 1.20 bits per heavy atom. The molecule has 1 aliphatic rings. The van der Waals surface area contributed by atoms with E-state index in [2.05, 4.69) is 49.9 Å². The number of nitrogens with two attached hydrogens (primary N) is 1. The molecule has 0 bridgehead atoms. The molecule has 1 aliphatic heterocycles. The van der Waals surface area contributed by atoms with Gasteiger partial charge in [-0.15, -0.1) is 0 Å². The van der Waals surface area contributed by atoms with Gasteiger partial charge in [-0.1, -0.05) is 32.9 Å². The highest BCUT2D eigenvalue weighted by atomic mass is 16.3. The summed E-state index contributed by atoms with van der Waals surface area (Å²) in [4.78, 5) is 2.36. The number of aliphatic hydroxyl groups is 1. The van der Waals surface area contributed by atoms with Gasteiger partial charge in [0.05, 0.1) is 0 Å². The van der Waals surface area contributed by atoms with Gasteiger partial charge in [-0.05, 0) is 41.9 Å². The standard InChI is InChI=1S/C17H28N2O/c1-17(2,3)14-4-6-16(7-5-14)19-11-13(8-9-20)10-15(18)12-19/h4-7,13,15,20H,8-12,18H2,1-3H3. The van der Waals surface area contributed by atoms with Gasteiger partial charge in [-0.25, -0.2) is 0 Å². The second-order valence-corrected chi connectivity index (χ2v) is 7.08. The van der Waals surface area contributed by atoms with E-state index < -0.39 is 0 Å². The first-order valence-corrected chi connectivity index (χ1v) is 7.62. The lowest BCUT2D eigenvalue weighted by Gasteiger charge is -2.38. The Morgan fingerprint density at radius 3 is 2.40 bits per heavy atom. The van der Waals surface area contributed by atoms with E-state index in [0.29, 0.717) is 5.92 Å². The zero-order valence-electron chi connectivity index (χ0n) is 13.0. The minimum atomic E-state index is 0.191. The molecule has 3 nitrogen and oxygen atoms in total. The Bertz CT molecular complexity index is 422. The van der Waals surface area contributed by atoms with Crippen LogP contribution in [-0.4, -0.2) is 30.8 Å². The van der Waals surface area contributed by atoms with E-state index in [-0.39, 0.29) is 18.1 Å². The largest absolute Gasteiger partial charge is 0.396 e. The number of piperidine rings is 1. The van der Waals surface area contributed by atoms with Crippen LogP contribution in [0.5, 0.6) is 0 Å². The van der Waals surface area contributed by atoms with E-state index in [0.717, 1.165) is 25.9 Å². The third kappa shape index (κ3) is 3.74. The molecule has 0 amide bonds. The number of hydrogen-bond acceptors (Lipinski definition) is 3. The smallest absolute Gasteiger partial charge is 0.0434 e. The van der Waals surface area contributed by atoms with Gasteiger partial charge in [0.2, 0.25) is 0 Å². The Hall–Kier alpha value is -1.06. The van der Waals surface area contributed by atoms with Crippen LogP contribution in [0, 0.1) is 5.92 Å². The highest BCUT2D eigenvalue weighted by Gasteiger charge is 2.25. The van der Waals surface area contributed by atoms with Crippen molar-refractivity contribution in [2.24, 2.45) is 11.7 Å². The van der Waals surface area contributed by atoms with Crippen molar-refractivity contribution in [1.29, 1.82) is 0 Å². The lowest BCUT2D eigenvalue weighted by atomic mass is 9.86. The van der Waals surface area contributed by atoms with Gasteiger partial charge >= 0.3 is 0 Å². The molecule has 2 atom stereocenters. The molecule has 112 valence electrons. The van der Waals surface area contributed by atoms with E-state index >= 15 is 0 Å². The SMILES string of the molecule is CC(C)(C)c1ccc(N2CC(N)CC(CCO)C2)cc1. The van der Waals surface area contributed by atoms with Gasteiger partial charge in [-0.2, -0.15) is 0 Å². The number of nitrogens with zero attached hydrogens (tertiary/aromatic N) is 1. The zero-order chi connectivity index (χ0) is 14.8. The number of rotatable bonds is 3. The van der Waals surface area contributed by atoms with Crippen LogP contribution in [0.15, 0.2) is 24.3 Å². The number of anilines is 1. The minimum absolute atomic E-state index is 0.191. The Morgan fingerprint density at radius 2 is 1.85 bits per heavy atom. The summed E-state index contributed by atoms with van der Waals surface area (Å²) < 4.78 is 0. The molecule has 0 aliphatic carbocycles. The van der Waals surface area contributed by atoms with Gasteiger partial charge in [0, 0.05) is 31.4 Å². The van der Waals surface area contributed by atoms with Crippen molar-refractivity contribution in [2.75, 3.05) is 24.6 Å². The van der Waals surface area contributed by atoms with Crippen molar-refractivity contribution >= 4 is 5.69 Å². The van der Waals surface area contributed by atoms with Gasteiger partial charge in [0.1, 0.15) is 0 Å². The molecule has 1 saturated heterocycles. The van der Waals surface area contributed by atoms with Crippen molar-refractivity contribution in [2.45, 2.75) is 45.1 Å². The Balaban J connectivity index is 2.10. The van der Waals surface area contributed by atoms with Crippen molar-refractivity contribution in [3.05, 3.63) is 29.8 Å². The summed E-state index contributed by atoms with van der Waals surface area (Å²) in [6, 6.07) is 9.05. The lowest BCUT2D eigenvalue weighted by molar-refractivity contribution is 0.238. The van der Waals surface area contributed by atoms with Crippen LogP contribution >= 0.6 is 0 Å². The van der Waals surface area contributed by atoms with Crippen LogP contribution in [0.3, 0.4) is 0 Å². The quantitative estimate of drug-likeness (QED) is 0.892. The first kappa shape index (κ1) is 15.3. The van der Waals surface area contributed by atoms with Crippen LogP contribution < -0.4 is 10.6 Å². The summed E-state index contributed by atoms with van der Waals surface area (Å²) in [5.74, 6) is 0.506. The maximum absolute atomic E-state index is 9.13. The molecular weight excluding hydrogens is 248 g/mol. The Kier molecular flexibility index (Phi) is 4.71. The third-order valence-corrected chi connectivity index (χ3v) is 4.21. The summed E-state index contributed by atoms with van der Waals surface area (Å²) in [6.07, 6.45) is 1.88. The molecule has 0 aromatic heterocycles. The molecule has 3 N–H and O–H groups in total. The second kappa shape index (κ2) is 6.15. The molecule has 2 unspecified atom stereocenters. The van der Waals surface area contributed by atoms with Crippen LogP contribution in [0.4, 0.5) is 5.69 Å². The second-order valence-electron chi connectivity index (χ2n) is 7.08. The van der Waals surface area contributed by atoms with Gasteiger partial charge in [-0.3, -0.25) is 0 Å². The molecule has 20 heavy (non-hydrogen) atoms. The van der Waals surface area contributed by atoms with Crippen molar-refractivity contribution in [1.82, 2.24) is 0 Å². The number of aliphatic hydroxyl groups excluding tert-OH is 1. The topological polar surface area (TPSA) is 49.5 Å². The van der Waals surface area contributed by atoms with Gasteiger partial charge in [0.15, 0.2) is 0 Å². The summed E-state index contributed by atoms with van der Waals surface area (Å²) in [6.45, 7) is 8.87. The summed E-state index contributed by atoms with van der Waals surface area (Å²) in [5, 5.41) is 9.13. The Labute approximate surface area is 122 Å². The number of benzene rings is 1. The van der Waals surface area contributed by atoms with Crippen LogP contribution in [-0.2, 0) is 5.41 Å². The fraction of sp³-hybridized carbons (Fsp3) is 0.647. The van der Waals surface area contributed by atoms with Gasteiger partial charge < -0.3 is 15.7 Å². The fourth-order valence-corrected chi connectivity index (χ4v) is 3.02. The summed E-state index contributed by atoms with van der Waals surface area (Å²) >= 11 is 0. The highest BCUT2D eigenvalue weighted by molar-refractivity contribution is 5.49. The van der Waals surface area contributed by atoms with Crippen molar-refractivity contribution in [3.63, 3.8) is 0 Å². The van der Waals surface area contributed by atoms with Crippen LogP contribution in [0.2, 0.25) is 0 Å². The van der Waals surface area contributed by atoms with Gasteiger partial charge in [0.25, 0.3) is 0 Å². The lowest BCUT2D eigenvalue weighted by Crippen LogP contribution is -2.47. The number of hydrogen-bond donors (Lipinski definition) is 2. The summed E-state index contributed by atoms with van der Waals surface area (Å²) in [5.41, 5.74) is 8.95. The van der Waals surface area contributed by atoms with E-state index in [1.54, 1.807) is 0 Å². The van der Waals surface area contributed by atoms with E-state index in [1.165, 1.54) is 11.3 Å². The summed E-state index contributed by atoms with van der Waals surface area (Å²) in [7, 11) is 0. The van der Waals surface area contributed by atoms with E-state index in [9.17, 15) is 0 Å². The molecule has 0 radical (unpaired) electrons. The average molecular weight is 276 g/mol. The van der Waals surface area contributed by atoms with Crippen LogP contribution in [0.25, 0.3) is 0 Å². The van der Waals surface area contributed by atoms with E-state index in [4.69, 9.17) is 10.8 Å². The molecule has 3 heteroatoms. The fourth-order valence-electron chi connectivity index (χ4n) is 3.02. The molecule has 2 rings (SSSR count). The van der Waals surface area contributed by atoms with Crippen LogP contribution in [0.1, 0.15) is 39.2 Å². The monoisotopic (exact) mass is 276 g/mol. The molecule has 1 heterocycles. The molecule has 0 saturated carbocycles. The first-order valence-electron chi connectivity index (χ1n) is 7.62. The minimum Gasteiger partial charge on any atom is -0.396 e. The maximum atomic E-state index is 9.13.